The van der Waals surface area contributed by atoms with Gasteiger partial charge in [-0.25, -0.2) is 9.37 Å². The summed E-state index contributed by atoms with van der Waals surface area (Å²) in [5, 5.41) is 4.75. The second-order valence-electron chi connectivity index (χ2n) is 5.98. The summed E-state index contributed by atoms with van der Waals surface area (Å²) in [6.45, 7) is 4.78. The van der Waals surface area contributed by atoms with Gasteiger partial charge in [0.25, 0.3) is 0 Å². The number of benzene rings is 1. The molecule has 0 fully saturated rings. The molecule has 0 aliphatic carbocycles. The summed E-state index contributed by atoms with van der Waals surface area (Å²) in [6.07, 6.45) is 1.65. The number of pyridine rings is 1. The predicted molar refractivity (Wildman–Crippen MR) is 104 cm³/mol. The standard InChI is InChI=1S/C21H19FN4O2/c1-3-27-18-7-5-6-17-19(16-12-13-23-21(24-16)28-4-2)20(25-26(17)18)14-8-10-15(22)11-9-14/h5-13H,3-4H2,1-2H3. The van der Waals surface area contributed by atoms with Gasteiger partial charge >= 0.3 is 6.01 Å². The quantitative estimate of drug-likeness (QED) is 0.498. The molecule has 0 atom stereocenters. The van der Waals surface area contributed by atoms with Crippen molar-refractivity contribution in [2.24, 2.45) is 0 Å². The highest BCUT2D eigenvalue weighted by Crippen LogP contribution is 2.36. The molecule has 28 heavy (non-hydrogen) atoms. The van der Waals surface area contributed by atoms with Gasteiger partial charge in [0.15, 0.2) is 0 Å². The molecule has 0 aliphatic heterocycles. The van der Waals surface area contributed by atoms with E-state index in [1.807, 2.05) is 32.0 Å². The van der Waals surface area contributed by atoms with Gasteiger partial charge in [-0.2, -0.15) is 14.6 Å². The molecule has 0 aliphatic rings. The Morgan fingerprint density at radius 2 is 1.75 bits per heavy atom. The number of fused-ring (bicyclic) bond motifs is 1. The summed E-state index contributed by atoms with van der Waals surface area (Å²) in [6, 6.07) is 14.0. The Bertz CT molecular complexity index is 1110. The lowest BCUT2D eigenvalue weighted by atomic mass is 10.0. The minimum atomic E-state index is -0.301. The van der Waals surface area contributed by atoms with Crippen molar-refractivity contribution in [3.63, 3.8) is 0 Å². The van der Waals surface area contributed by atoms with Gasteiger partial charge in [0.05, 0.1) is 30.0 Å². The molecule has 0 N–H and O–H groups in total. The predicted octanol–water partition coefficient (Wildman–Crippen LogP) is 4.39. The van der Waals surface area contributed by atoms with Crippen molar-refractivity contribution < 1.29 is 13.9 Å². The monoisotopic (exact) mass is 378 g/mol. The third kappa shape index (κ3) is 3.26. The molecule has 3 heterocycles. The Labute approximate surface area is 161 Å². The number of ether oxygens (including phenoxy) is 2. The van der Waals surface area contributed by atoms with E-state index in [-0.39, 0.29) is 5.82 Å². The fourth-order valence-electron chi connectivity index (χ4n) is 3.04. The molecule has 0 saturated carbocycles. The second-order valence-corrected chi connectivity index (χ2v) is 5.98. The van der Waals surface area contributed by atoms with Crippen molar-refractivity contribution in [3.8, 4) is 34.4 Å². The summed E-state index contributed by atoms with van der Waals surface area (Å²) < 4.78 is 26.4. The molecule has 7 heteroatoms. The van der Waals surface area contributed by atoms with E-state index < -0.39 is 0 Å². The fraction of sp³-hybridized carbons (Fsp3) is 0.190. The first-order valence-electron chi connectivity index (χ1n) is 9.08. The molecule has 0 bridgehead atoms. The number of rotatable bonds is 6. The average Bonchev–Trinajstić information content (AvgIpc) is 3.10. The molecule has 0 radical (unpaired) electrons. The van der Waals surface area contributed by atoms with E-state index in [1.165, 1.54) is 12.1 Å². The zero-order valence-electron chi connectivity index (χ0n) is 15.6. The van der Waals surface area contributed by atoms with Crippen LogP contribution in [-0.4, -0.2) is 32.8 Å². The zero-order valence-corrected chi connectivity index (χ0v) is 15.6. The molecule has 0 spiro atoms. The van der Waals surface area contributed by atoms with E-state index in [4.69, 9.17) is 14.6 Å². The minimum Gasteiger partial charge on any atom is -0.478 e. The summed E-state index contributed by atoms with van der Waals surface area (Å²) in [5.41, 5.74) is 3.75. The van der Waals surface area contributed by atoms with Crippen molar-refractivity contribution in [1.82, 2.24) is 19.6 Å². The lowest BCUT2D eigenvalue weighted by Crippen LogP contribution is -1.99. The van der Waals surface area contributed by atoms with E-state index >= 15 is 0 Å². The van der Waals surface area contributed by atoms with Crippen LogP contribution in [0, 0.1) is 5.82 Å². The molecule has 0 amide bonds. The summed E-state index contributed by atoms with van der Waals surface area (Å²) in [7, 11) is 0. The maximum absolute atomic E-state index is 13.4. The second kappa shape index (κ2) is 7.64. The van der Waals surface area contributed by atoms with Gasteiger partial charge in [-0.1, -0.05) is 6.07 Å². The van der Waals surface area contributed by atoms with Crippen LogP contribution in [0.3, 0.4) is 0 Å². The van der Waals surface area contributed by atoms with Crippen LogP contribution in [-0.2, 0) is 0 Å². The number of hydrogen-bond acceptors (Lipinski definition) is 5. The zero-order chi connectivity index (χ0) is 19.5. The van der Waals surface area contributed by atoms with Gasteiger partial charge in [-0.3, -0.25) is 0 Å². The number of halogens is 1. The van der Waals surface area contributed by atoms with Crippen molar-refractivity contribution in [2.45, 2.75) is 13.8 Å². The van der Waals surface area contributed by atoms with Gasteiger partial charge in [0.2, 0.25) is 5.88 Å². The highest BCUT2D eigenvalue weighted by Gasteiger charge is 2.20. The first-order chi connectivity index (χ1) is 13.7. The summed E-state index contributed by atoms with van der Waals surface area (Å²) >= 11 is 0. The van der Waals surface area contributed by atoms with Crippen molar-refractivity contribution >= 4 is 5.52 Å². The molecule has 6 nitrogen and oxygen atoms in total. The SMILES string of the molecule is CCOc1nccc(-c2c(-c3ccc(F)cc3)nn3c(OCC)cccc23)n1. The largest absolute Gasteiger partial charge is 0.478 e. The van der Waals surface area contributed by atoms with E-state index in [2.05, 4.69) is 9.97 Å². The van der Waals surface area contributed by atoms with Crippen LogP contribution in [0.2, 0.25) is 0 Å². The van der Waals surface area contributed by atoms with Crippen molar-refractivity contribution in [3.05, 3.63) is 60.5 Å². The third-order valence-corrected chi connectivity index (χ3v) is 4.20. The van der Waals surface area contributed by atoms with Crippen LogP contribution in [0.4, 0.5) is 4.39 Å². The highest BCUT2D eigenvalue weighted by molar-refractivity contribution is 5.91. The lowest BCUT2D eigenvalue weighted by molar-refractivity contribution is 0.313. The van der Waals surface area contributed by atoms with Crippen LogP contribution in [0.15, 0.2) is 54.7 Å². The maximum atomic E-state index is 13.4. The van der Waals surface area contributed by atoms with Crippen LogP contribution >= 0.6 is 0 Å². The van der Waals surface area contributed by atoms with Gasteiger partial charge in [-0.05, 0) is 50.2 Å². The van der Waals surface area contributed by atoms with Gasteiger partial charge in [-0.15, -0.1) is 0 Å². The molecule has 0 saturated heterocycles. The Kier molecular flexibility index (Phi) is 4.89. The Balaban J connectivity index is 1.99. The Morgan fingerprint density at radius 3 is 2.50 bits per heavy atom. The number of nitrogens with zero attached hydrogens (tertiary/aromatic N) is 4. The molecule has 4 rings (SSSR count). The molecule has 3 aromatic heterocycles. The lowest BCUT2D eigenvalue weighted by Gasteiger charge is -2.06. The fourth-order valence-corrected chi connectivity index (χ4v) is 3.04. The third-order valence-electron chi connectivity index (χ3n) is 4.20. The molecule has 1 aromatic carbocycles. The maximum Gasteiger partial charge on any atom is 0.316 e. The van der Waals surface area contributed by atoms with Gasteiger partial charge in [0.1, 0.15) is 11.5 Å². The highest BCUT2D eigenvalue weighted by atomic mass is 19.1. The summed E-state index contributed by atoms with van der Waals surface area (Å²) in [5.74, 6) is 0.318. The summed E-state index contributed by atoms with van der Waals surface area (Å²) in [4.78, 5) is 8.68. The molecular weight excluding hydrogens is 359 g/mol. The molecule has 142 valence electrons. The van der Waals surface area contributed by atoms with Gasteiger partial charge in [0, 0.05) is 17.8 Å². The van der Waals surface area contributed by atoms with E-state index in [0.717, 1.165) is 16.6 Å². The Morgan fingerprint density at radius 1 is 0.964 bits per heavy atom. The Hall–Kier alpha value is -3.48. The first-order valence-corrected chi connectivity index (χ1v) is 9.08. The topological polar surface area (TPSA) is 61.5 Å². The van der Waals surface area contributed by atoms with Crippen LogP contribution < -0.4 is 9.47 Å². The normalized spacial score (nSPS) is 11.0. The number of aromatic nitrogens is 4. The van der Waals surface area contributed by atoms with E-state index in [0.29, 0.717) is 36.5 Å². The van der Waals surface area contributed by atoms with E-state index in [1.54, 1.807) is 28.9 Å². The smallest absolute Gasteiger partial charge is 0.316 e. The van der Waals surface area contributed by atoms with Crippen LogP contribution in [0.1, 0.15) is 13.8 Å². The van der Waals surface area contributed by atoms with Crippen LogP contribution in [0.25, 0.3) is 28.0 Å². The van der Waals surface area contributed by atoms with Gasteiger partial charge < -0.3 is 9.47 Å². The van der Waals surface area contributed by atoms with Crippen molar-refractivity contribution in [1.29, 1.82) is 0 Å². The van der Waals surface area contributed by atoms with Crippen LogP contribution in [0.5, 0.6) is 11.9 Å². The number of hydrogen-bond donors (Lipinski definition) is 0. The minimum absolute atomic E-state index is 0.297. The first kappa shape index (κ1) is 17.9. The average molecular weight is 378 g/mol. The molecule has 0 unspecified atom stereocenters. The van der Waals surface area contributed by atoms with E-state index in [9.17, 15) is 4.39 Å². The molecular formula is C21H19FN4O2. The molecule has 4 aromatic rings. The van der Waals surface area contributed by atoms with Crippen molar-refractivity contribution in [2.75, 3.05) is 13.2 Å².